The summed E-state index contributed by atoms with van der Waals surface area (Å²) < 4.78 is 11.0. The number of nitrogens with zero attached hydrogens (tertiary/aromatic N) is 3. The van der Waals surface area contributed by atoms with Crippen LogP contribution in [0.15, 0.2) is 58.5 Å². The molecular weight excluding hydrogens is 386 g/mol. The number of aliphatic imine (C=N–C) groups is 1. The van der Waals surface area contributed by atoms with Crippen LogP contribution in [0.5, 0.6) is 11.5 Å². The van der Waals surface area contributed by atoms with E-state index in [1.807, 2.05) is 30.3 Å². The van der Waals surface area contributed by atoms with Crippen LogP contribution in [-0.4, -0.2) is 40.1 Å². The molecule has 1 N–H and O–H groups in total. The van der Waals surface area contributed by atoms with Crippen LogP contribution in [0.2, 0.25) is 0 Å². The highest BCUT2D eigenvalue weighted by atomic mass is 32.2. The molecule has 2 aliphatic rings. The molecule has 0 fully saturated rings. The topological polar surface area (TPSA) is 67.2 Å². The molecule has 7 heteroatoms. The molecule has 3 aromatic rings. The van der Waals surface area contributed by atoms with Gasteiger partial charge in [0.2, 0.25) is 6.79 Å². The summed E-state index contributed by atoms with van der Waals surface area (Å²) in [6.07, 6.45) is 0.708. The van der Waals surface area contributed by atoms with E-state index in [1.54, 1.807) is 11.8 Å². The second-order valence-electron chi connectivity index (χ2n) is 7.04. The number of thioether (sulfide) groups is 1. The molecule has 0 amide bonds. The number of aliphatic hydroxyl groups is 1. The Labute approximate surface area is 173 Å². The van der Waals surface area contributed by atoms with E-state index in [1.165, 1.54) is 5.56 Å². The molecule has 0 atom stereocenters. The molecule has 0 unspecified atom stereocenters. The molecule has 0 radical (unpaired) electrons. The van der Waals surface area contributed by atoms with Crippen molar-refractivity contribution in [2.45, 2.75) is 24.5 Å². The van der Waals surface area contributed by atoms with Gasteiger partial charge in [-0.25, -0.2) is 4.98 Å². The summed E-state index contributed by atoms with van der Waals surface area (Å²) >= 11 is 1.59. The van der Waals surface area contributed by atoms with Gasteiger partial charge in [0.05, 0.1) is 12.1 Å². The normalized spacial score (nSPS) is 16.4. The molecule has 0 saturated heterocycles. The van der Waals surface area contributed by atoms with Crippen molar-refractivity contribution in [2.75, 3.05) is 19.9 Å². The van der Waals surface area contributed by atoms with Gasteiger partial charge in [-0.1, -0.05) is 30.3 Å². The van der Waals surface area contributed by atoms with E-state index < -0.39 is 0 Å². The standard InChI is InChI=1S/C22H21N3O3S/c26-8-4-7-25-13-17-9-16-10-19-20(28-14-27-19)11-18(16)24-21(17)29-22(25)23-12-15-5-2-1-3-6-15/h1-3,5-6,9-11,26H,4,7-8,12-14H2. The van der Waals surface area contributed by atoms with Crippen molar-refractivity contribution >= 4 is 27.8 Å². The van der Waals surface area contributed by atoms with Crippen LogP contribution in [0.4, 0.5) is 0 Å². The lowest BCUT2D eigenvalue weighted by Gasteiger charge is -2.30. The Morgan fingerprint density at radius 1 is 1.10 bits per heavy atom. The number of ether oxygens (including phenoxy) is 2. The third-order valence-electron chi connectivity index (χ3n) is 4.99. The molecule has 6 nitrogen and oxygen atoms in total. The average molecular weight is 407 g/mol. The van der Waals surface area contributed by atoms with Gasteiger partial charge in [-0.3, -0.25) is 4.99 Å². The van der Waals surface area contributed by atoms with Crippen LogP contribution in [-0.2, 0) is 13.1 Å². The first-order valence-electron chi connectivity index (χ1n) is 9.65. The molecule has 0 aliphatic carbocycles. The lowest BCUT2D eigenvalue weighted by Crippen LogP contribution is -2.33. The molecule has 29 heavy (non-hydrogen) atoms. The lowest BCUT2D eigenvalue weighted by molar-refractivity contribution is 0.174. The highest BCUT2D eigenvalue weighted by Gasteiger charge is 2.25. The summed E-state index contributed by atoms with van der Waals surface area (Å²) in [4.78, 5) is 12.0. The van der Waals surface area contributed by atoms with E-state index in [2.05, 4.69) is 23.1 Å². The highest BCUT2D eigenvalue weighted by Crippen LogP contribution is 2.39. The van der Waals surface area contributed by atoms with Crippen molar-refractivity contribution in [3.05, 3.63) is 59.7 Å². The van der Waals surface area contributed by atoms with Crippen LogP contribution in [0.25, 0.3) is 10.9 Å². The van der Waals surface area contributed by atoms with Gasteiger partial charge in [-0.05, 0) is 35.9 Å². The number of aromatic nitrogens is 1. The molecule has 3 heterocycles. The van der Waals surface area contributed by atoms with E-state index in [-0.39, 0.29) is 13.4 Å². The summed E-state index contributed by atoms with van der Waals surface area (Å²) in [6, 6.07) is 16.3. The van der Waals surface area contributed by atoms with Crippen LogP contribution in [0, 0.1) is 0 Å². The molecule has 0 spiro atoms. The van der Waals surface area contributed by atoms with Gasteiger partial charge in [0.25, 0.3) is 0 Å². The van der Waals surface area contributed by atoms with Crippen molar-refractivity contribution in [3.8, 4) is 11.5 Å². The summed E-state index contributed by atoms with van der Waals surface area (Å²) in [5, 5.41) is 12.3. The Kier molecular flexibility index (Phi) is 4.99. The van der Waals surface area contributed by atoms with Gasteiger partial charge < -0.3 is 19.5 Å². The Bertz CT molecular complexity index is 1070. The fourth-order valence-electron chi connectivity index (χ4n) is 3.53. The predicted molar refractivity (Wildman–Crippen MR) is 113 cm³/mol. The van der Waals surface area contributed by atoms with E-state index in [0.717, 1.165) is 51.2 Å². The average Bonchev–Trinajstić information content (AvgIpc) is 3.21. The van der Waals surface area contributed by atoms with Gasteiger partial charge in [-0.2, -0.15) is 0 Å². The molecule has 2 aromatic carbocycles. The maximum Gasteiger partial charge on any atom is 0.231 e. The van der Waals surface area contributed by atoms with Gasteiger partial charge >= 0.3 is 0 Å². The summed E-state index contributed by atoms with van der Waals surface area (Å²) in [7, 11) is 0. The molecule has 5 rings (SSSR count). The number of hydrogen-bond donors (Lipinski definition) is 1. The minimum absolute atomic E-state index is 0.166. The molecule has 0 bridgehead atoms. The summed E-state index contributed by atoms with van der Waals surface area (Å²) in [5.41, 5.74) is 3.23. The monoisotopic (exact) mass is 407 g/mol. The first-order valence-corrected chi connectivity index (χ1v) is 10.5. The molecular formula is C22H21N3O3S. The third kappa shape index (κ3) is 3.75. The molecule has 0 saturated carbocycles. The van der Waals surface area contributed by atoms with Crippen molar-refractivity contribution in [2.24, 2.45) is 4.99 Å². The van der Waals surface area contributed by atoms with Gasteiger partial charge in [0.15, 0.2) is 16.7 Å². The van der Waals surface area contributed by atoms with E-state index >= 15 is 0 Å². The SMILES string of the molecule is OCCCN1Cc2cc3cc4c(cc3nc2SC1=NCc1ccccc1)OCO4. The van der Waals surface area contributed by atoms with E-state index in [0.29, 0.717) is 13.0 Å². The van der Waals surface area contributed by atoms with Gasteiger partial charge in [0.1, 0.15) is 5.03 Å². The smallest absolute Gasteiger partial charge is 0.231 e. The zero-order chi connectivity index (χ0) is 19.6. The first-order chi connectivity index (χ1) is 14.3. The highest BCUT2D eigenvalue weighted by molar-refractivity contribution is 8.13. The van der Waals surface area contributed by atoms with Gasteiger partial charge in [0, 0.05) is 36.7 Å². The van der Waals surface area contributed by atoms with E-state index in [4.69, 9.17) is 19.5 Å². The molecule has 1 aromatic heterocycles. The number of pyridine rings is 1. The molecule has 148 valence electrons. The first kappa shape index (κ1) is 18.3. The lowest BCUT2D eigenvalue weighted by atomic mass is 10.1. The fraction of sp³-hybridized carbons (Fsp3) is 0.273. The maximum absolute atomic E-state index is 9.31. The van der Waals surface area contributed by atoms with Crippen LogP contribution < -0.4 is 9.47 Å². The number of fused-ring (bicyclic) bond motifs is 3. The summed E-state index contributed by atoms with van der Waals surface area (Å²) in [5.74, 6) is 1.51. The zero-order valence-corrected chi connectivity index (χ0v) is 16.7. The quantitative estimate of drug-likeness (QED) is 0.694. The van der Waals surface area contributed by atoms with Crippen molar-refractivity contribution in [1.82, 2.24) is 9.88 Å². The number of hydrogen-bond acceptors (Lipinski definition) is 6. The number of rotatable bonds is 5. The fourth-order valence-corrected chi connectivity index (χ4v) is 4.51. The van der Waals surface area contributed by atoms with E-state index in [9.17, 15) is 5.11 Å². The van der Waals surface area contributed by atoms with Crippen LogP contribution in [0.3, 0.4) is 0 Å². The number of amidine groups is 1. The molecule has 2 aliphatic heterocycles. The van der Waals surface area contributed by atoms with Crippen LogP contribution in [0.1, 0.15) is 17.5 Å². The predicted octanol–water partition coefficient (Wildman–Crippen LogP) is 3.81. The number of benzene rings is 2. The number of aliphatic hydroxyl groups excluding tert-OH is 1. The summed E-state index contributed by atoms with van der Waals surface area (Å²) in [6.45, 7) is 2.54. The van der Waals surface area contributed by atoms with Crippen molar-refractivity contribution in [1.29, 1.82) is 0 Å². The zero-order valence-electron chi connectivity index (χ0n) is 15.9. The second-order valence-corrected chi connectivity index (χ2v) is 7.99. The minimum Gasteiger partial charge on any atom is -0.454 e. The Morgan fingerprint density at radius 2 is 1.93 bits per heavy atom. The second kappa shape index (κ2) is 7.93. The third-order valence-corrected chi connectivity index (χ3v) is 6.11. The van der Waals surface area contributed by atoms with Crippen LogP contribution >= 0.6 is 11.8 Å². The Morgan fingerprint density at radius 3 is 2.76 bits per heavy atom. The Balaban J connectivity index is 1.48. The van der Waals surface area contributed by atoms with Gasteiger partial charge in [-0.15, -0.1) is 0 Å². The van der Waals surface area contributed by atoms with Crippen molar-refractivity contribution < 1.29 is 14.6 Å². The maximum atomic E-state index is 9.31. The minimum atomic E-state index is 0.166. The Hall–Kier alpha value is -2.77. The van der Waals surface area contributed by atoms with Crippen molar-refractivity contribution in [3.63, 3.8) is 0 Å². The largest absolute Gasteiger partial charge is 0.454 e.